The Morgan fingerprint density at radius 2 is 2.03 bits per heavy atom. The van der Waals surface area contributed by atoms with Crippen LogP contribution in [0.5, 0.6) is 0 Å². The summed E-state index contributed by atoms with van der Waals surface area (Å²) in [6.07, 6.45) is 2.72. The molecule has 2 aromatic rings. The predicted molar refractivity (Wildman–Crippen MR) is 130 cm³/mol. The maximum absolute atomic E-state index is 12.8. The van der Waals surface area contributed by atoms with Crippen molar-refractivity contribution < 1.29 is 18.0 Å². The first kappa shape index (κ1) is 26.0. The molecule has 2 atom stereocenters. The number of hydrogen-bond donors (Lipinski definition) is 4. The van der Waals surface area contributed by atoms with Crippen LogP contribution in [-0.2, 0) is 26.2 Å². The van der Waals surface area contributed by atoms with E-state index in [1.54, 1.807) is 19.1 Å². The fourth-order valence-electron chi connectivity index (χ4n) is 2.95. The van der Waals surface area contributed by atoms with E-state index in [1.807, 2.05) is 0 Å². The molecule has 6 N–H and O–H groups in total. The molecular formula is C20H27N6O5PS. The summed E-state index contributed by atoms with van der Waals surface area (Å²) in [6, 6.07) is 6.87. The molecule has 1 aromatic carbocycles. The Labute approximate surface area is 193 Å². The number of aldehydes is 1. The Balaban J connectivity index is 2.11. The summed E-state index contributed by atoms with van der Waals surface area (Å²) in [4.78, 5) is 40.2. The summed E-state index contributed by atoms with van der Waals surface area (Å²) in [5, 5.41) is 3.19. The first-order valence-corrected chi connectivity index (χ1v) is 12.0. The van der Waals surface area contributed by atoms with Crippen LogP contribution in [0.15, 0.2) is 51.2 Å². The van der Waals surface area contributed by atoms with Gasteiger partial charge in [-0.1, -0.05) is 12.1 Å². The molecule has 0 fully saturated rings. The molecule has 1 amide bonds. The van der Waals surface area contributed by atoms with E-state index in [0.29, 0.717) is 36.5 Å². The monoisotopic (exact) mass is 494 g/mol. The number of carbonyl (C=O) groups excluding carboxylic acids is 2. The molecule has 0 radical (unpaired) electrons. The molecule has 1 aromatic heterocycles. The van der Waals surface area contributed by atoms with E-state index in [2.05, 4.69) is 24.3 Å². The predicted octanol–water partition coefficient (Wildman–Crippen LogP) is -0.805. The van der Waals surface area contributed by atoms with Gasteiger partial charge in [0.2, 0.25) is 5.91 Å². The van der Waals surface area contributed by atoms with Gasteiger partial charge >= 0.3 is 0 Å². The van der Waals surface area contributed by atoms with E-state index < -0.39 is 34.1 Å². The third-order valence-corrected chi connectivity index (χ3v) is 6.43. The lowest BCUT2D eigenvalue weighted by atomic mass is 10.2. The molecule has 0 aliphatic carbocycles. The van der Waals surface area contributed by atoms with Gasteiger partial charge in [0, 0.05) is 12.7 Å². The molecule has 0 aliphatic rings. The molecule has 1 heterocycles. The number of benzene rings is 1. The normalized spacial score (nSPS) is 11.9. The summed E-state index contributed by atoms with van der Waals surface area (Å²) in [7, 11) is -1.61. The van der Waals surface area contributed by atoms with Crippen LogP contribution < -0.4 is 32.4 Å². The number of aromatic nitrogens is 1. The largest absolute Gasteiger partial charge is 0.370 e. The standard InChI is InChI=1S/C20H27N6O5PS/c1-13-6-7-15(32)10-17(13)33(30,31)25-16-5-3-9-26(19(16)29)11-18(28)24-14(12-27)4-2-8-23-20(21)22/h3,5-7,9-10,12,14,25H,2,4,8,11,32H2,1H3,(H,24,28)(H4,21,22,23)/t14-/m0/s1. The van der Waals surface area contributed by atoms with Crippen molar-refractivity contribution in [2.45, 2.75) is 37.2 Å². The first-order valence-electron chi connectivity index (χ1n) is 9.92. The highest BCUT2D eigenvalue weighted by atomic mass is 32.2. The summed E-state index contributed by atoms with van der Waals surface area (Å²) in [6.45, 7) is 1.56. The van der Waals surface area contributed by atoms with E-state index in [9.17, 15) is 22.8 Å². The number of guanidine groups is 1. The molecule has 0 aliphatic heterocycles. The summed E-state index contributed by atoms with van der Waals surface area (Å²) in [5.41, 5.74) is 10.1. The molecule has 178 valence electrons. The van der Waals surface area contributed by atoms with Crippen LogP contribution in [0.2, 0.25) is 0 Å². The number of pyridine rings is 1. The fraction of sp³-hybridized carbons (Fsp3) is 0.300. The molecule has 0 spiro atoms. The minimum Gasteiger partial charge on any atom is -0.370 e. The molecule has 2 rings (SSSR count). The summed E-state index contributed by atoms with van der Waals surface area (Å²) < 4.78 is 28.9. The van der Waals surface area contributed by atoms with Crippen LogP contribution in [0.25, 0.3) is 0 Å². The molecular weight excluding hydrogens is 467 g/mol. The summed E-state index contributed by atoms with van der Waals surface area (Å²) >= 11 is 0. The van der Waals surface area contributed by atoms with Crippen molar-refractivity contribution in [3.63, 3.8) is 0 Å². The van der Waals surface area contributed by atoms with E-state index in [-0.39, 0.29) is 16.5 Å². The number of amides is 1. The van der Waals surface area contributed by atoms with Crippen molar-refractivity contribution in [1.29, 1.82) is 0 Å². The number of aliphatic imine (C=N–C) groups is 1. The number of aryl methyl sites for hydroxylation is 1. The number of sulfonamides is 1. The Kier molecular flexibility index (Phi) is 9.12. The van der Waals surface area contributed by atoms with E-state index in [0.717, 1.165) is 4.57 Å². The van der Waals surface area contributed by atoms with Crippen molar-refractivity contribution in [2.24, 2.45) is 16.5 Å². The van der Waals surface area contributed by atoms with Gasteiger partial charge in [0.05, 0.1) is 10.9 Å². The third kappa shape index (κ3) is 7.69. The SMILES string of the molecule is Cc1ccc(P)cc1S(=O)(=O)Nc1cccn(CC(=O)N[C@H](C=O)CCCN=C(N)N)c1=O. The Morgan fingerprint density at radius 1 is 1.30 bits per heavy atom. The average Bonchev–Trinajstić information content (AvgIpc) is 2.74. The van der Waals surface area contributed by atoms with E-state index in [4.69, 9.17) is 11.5 Å². The fourth-order valence-corrected chi connectivity index (χ4v) is 4.67. The second-order valence-electron chi connectivity index (χ2n) is 7.24. The lowest BCUT2D eigenvalue weighted by Gasteiger charge is -2.14. The average molecular weight is 495 g/mol. The second-order valence-corrected chi connectivity index (χ2v) is 9.56. The molecule has 33 heavy (non-hydrogen) atoms. The van der Waals surface area contributed by atoms with Crippen molar-refractivity contribution >= 4 is 48.4 Å². The zero-order valence-corrected chi connectivity index (χ0v) is 20.0. The topological polar surface area (TPSA) is 179 Å². The lowest BCUT2D eigenvalue weighted by Crippen LogP contribution is -2.40. The van der Waals surface area contributed by atoms with E-state index >= 15 is 0 Å². The van der Waals surface area contributed by atoms with Crippen molar-refractivity contribution in [1.82, 2.24) is 9.88 Å². The van der Waals surface area contributed by atoms with Crippen LogP contribution in [-0.4, -0.2) is 43.7 Å². The van der Waals surface area contributed by atoms with Crippen LogP contribution in [0, 0.1) is 6.92 Å². The van der Waals surface area contributed by atoms with Gasteiger partial charge in [-0.3, -0.25) is 19.3 Å². The Bertz CT molecular complexity index is 1210. The third-order valence-electron chi connectivity index (χ3n) is 4.56. The van der Waals surface area contributed by atoms with Gasteiger partial charge in [0.15, 0.2) is 5.96 Å². The van der Waals surface area contributed by atoms with Crippen LogP contribution in [0.1, 0.15) is 18.4 Å². The van der Waals surface area contributed by atoms with Gasteiger partial charge in [-0.2, -0.15) is 0 Å². The zero-order valence-electron chi connectivity index (χ0n) is 18.0. The highest BCUT2D eigenvalue weighted by molar-refractivity contribution is 7.92. The molecule has 0 bridgehead atoms. The van der Waals surface area contributed by atoms with Crippen LogP contribution in [0.4, 0.5) is 5.69 Å². The van der Waals surface area contributed by atoms with Gasteiger partial charge in [0.25, 0.3) is 15.6 Å². The Morgan fingerprint density at radius 3 is 2.70 bits per heavy atom. The van der Waals surface area contributed by atoms with Gasteiger partial charge in [0.1, 0.15) is 18.5 Å². The first-order chi connectivity index (χ1) is 15.5. The van der Waals surface area contributed by atoms with E-state index in [1.165, 1.54) is 24.4 Å². The number of nitrogens with one attached hydrogen (secondary N) is 2. The highest BCUT2D eigenvalue weighted by Crippen LogP contribution is 2.17. The number of anilines is 1. The van der Waals surface area contributed by atoms with Crippen molar-refractivity contribution in [3.8, 4) is 0 Å². The maximum atomic E-state index is 12.8. The number of rotatable bonds is 11. The minimum atomic E-state index is -4.03. The highest BCUT2D eigenvalue weighted by Gasteiger charge is 2.20. The smallest absolute Gasteiger partial charge is 0.275 e. The number of carbonyl (C=O) groups is 2. The number of nitrogens with zero attached hydrogens (tertiary/aromatic N) is 2. The van der Waals surface area contributed by atoms with Gasteiger partial charge in [-0.15, -0.1) is 9.24 Å². The molecule has 1 unspecified atom stereocenters. The minimum absolute atomic E-state index is 0.0390. The quantitative estimate of drug-likeness (QED) is 0.104. The Hall–Kier alpha value is -3.24. The second kappa shape index (κ2) is 11.6. The van der Waals surface area contributed by atoms with Crippen LogP contribution >= 0.6 is 9.24 Å². The summed E-state index contributed by atoms with van der Waals surface area (Å²) in [5.74, 6) is -0.643. The van der Waals surface area contributed by atoms with Crippen molar-refractivity contribution in [3.05, 3.63) is 52.4 Å². The molecule has 11 nitrogen and oxygen atoms in total. The maximum Gasteiger partial charge on any atom is 0.275 e. The van der Waals surface area contributed by atoms with Gasteiger partial charge in [-0.25, -0.2) is 8.42 Å². The van der Waals surface area contributed by atoms with Crippen LogP contribution in [0.3, 0.4) is 0 Å². The zero-order chi connectivity index (χ0) is 24.6. The number of nitrogens with two attached hydrogens (primary N) is 2. The molecule has 0 saturated heterocycles. The molecule has 13 heteroatoms. The lowest BCUT2D eigenvalue weighted by molar-refractivity contribution is -0.124. The van der Waals surface area contributed by atoms with Gasteiger partial charge < -0.3 is 26.1 Å². The van der Waals surface area contributed by atoms with Crippen molar-refractivity contribution in [2.75, 3.05) is 11.3 Å². The van der Waals surface area contributed by atoms with Gasteiger partial charge in [-0.05, 0) is 48.8 Å². The molecule has 0 saturated carbocycles. The number of hydrogen-bond acceptors (Lipinski definition) is 6.